The molecule has 1 rings (SSSR count). The summed E-state index contributed by atoms with van der Waals surface area (Å²) >= 11 is 0. The number of nitrogens with one attached hydrogen (secondary N) is 3. The van der Waals surface area contributed by atoms with E-state index in [0.29, 0.717) is 13.1 Å². The molecule has 1 aromatic rings. The van der Waals surface area contributed by atoms with E-state index in [2.05, 4.69) is 21.0 Å². The molecule has 1 heterocycles. The number of aryl methyl sites for hydroxylation is 2. The lowest BCUT2D eigenvalue weighted by molar-refractivity contribution is -0.128. The number of carbonyl (C=O) groups is 2. The lowest BCUT2D eigenvalue weighted by Crippen LogP contribution is -2.45. The Morgan fingerprint density at radius 1 is 1.17 bits per heavy atom. The molecule has 0 spiro atoms. The first-order valence-electron chi connectivity index (χ1n) is 8.34. The van der Waals surface area contributed by atoms with Gasteiger partial charge in [0.1, 0.15) is 0 Å². The second-order valence-corrected chi connectivity index (χ2v) is 7.28. The van der Waals surface area contributed by atoms with Crippen LogP contribution in [0.2, 0.25) is 0 Å². The second kappa shape index (κ2) is 8.17. The fraction of sp³-hybridized carbons (Fsp3) is 0.706. The van der Waals surface area contributed by atoms with Crippen molar-refractivity contribution in [1.82, 2.24) is 25.7 Å². The van der Waals surface area contributed by atoms with E-state index in [4.69, 9.17) is 0 Å². The van der Waals surface area contributed by atoms with Gasteiger partial charge in [0.2, 0.25) is 5.91 Å². The molecule has 3 amide bonds. The lowest BCUT2D eigenvalue weighted by atomic mass is 9.96. The third-order valence-electron chi connectivity index (χ3n) is 3.92. The van der Waals surface area contributed by atoms with Gasteiger partial charge in [-0.3, -0.25) is 9.48 Å². The molecular weight excluding hydrogens is 306 g/mol. The van der Waals surface area contributed by atoms with Gasteiger partial charge in [-0.2, -0.15) is 5.10 Å². The maximum Gasteiger partial charge on any atom is 0.315 e. The quantitative estimate of drug-likeness (QED) is 0.686. The summed E-state index contributed by atoms with van der Waals surface area (Å²) in [4.78, 5) is 23.6. The summed E-state index contributed by atoms with van der Waals surface area (Å²) in [5, 5.41) is 12.8. The summed E-state index contributed by atoms with van der Waals surface area (Å²) in [6.07, 6.45) is 0.736. The summed E-state index contributed by atoms with van der Waals surface area (Å²) in [7, 11) is 1.92. The minimum atomic E-state index is -0.420. The average Bonchev–Trinajstić information content (AvgIpc) is 2.68. The SMILES string of the molecule is Cc1nn(C)c(C)c1C[C@@H](C)NC(=O)NCCNC(=O)C(C)(C)C. The van der Waals surface area contributed by atoms with Crippen LogP contribution < -0.4 is 16.0 Å². The van der Waals surface area contributed by atoms with E-state index in [1.165, 1.54) is 5.56 Å². The topological polar surface area (TPSA) is 88.1 Å². The number of rotatable bonds is 6. The molecule has 0 fully saturated rings. The molecule has 3 N–H and O–H groups in total. The molecule has 7 heteroatoms. The average molecular weight is 337 g/mol. The van der Waals surface area contributed by atoms with E-state index >= 15 is 0 Å². The normalized spacial score (nSPS) is 12.6. The Balaban J connectivity index is 2.33. The molecule has 1 aromatic heterocycles. The van der Waals surface area contributed by atoms with E-state index in [-0.39, 0.29) is 18.0 Å². The van der Waals surface area contributed by atoms with E-state index in [0.717, 1.165) is 17.8 Å². The van der Waals surface area contributed by atoms with Gasteiger partial charge in [-0.15, -0.1) is 0 Å². The first-order chi connectivity index (χ1) is 11.0. The van der Waals surface area contributed by atoms with E-state index in [1.54, 1.807) is 0 Å². The lowest BCUT2D eigenvalue weighted by Gasteiger charge is -2.18. The van der Waals surface area contributed by atoms with Crippen LogP contribution in [-0.2, 0) is 18.3 Å². The van der Waals surface area contributed by atoms with Crippen molar-refractivity contribution < 1.29 is 9.59 Å². The number of aromatic nitrogens is 2. The Morgan fingerprint density at radius 2 is 1.75 bits per heavy atom. The van der Waals surface area contributed by atoms with Crippen LogP contribution in [0.1, 0.15) is 44.6 Å². The molecule has 0 aliphatic carbocycles. The van der Waals surface area contributed by atoms with Crippen LogP contribution in [0.15, 0.2) is 0 Å². The Hall–Kier alpha value is -2.05. The molecule has 0 bridgehead atoms. The smallest absolute Gasteiger partial charge is 0.315 e. The van der Waals surface area contributed by atoms with Crippen LogP contribution >= 0.6 is 0 Å². The Morgan fingerprint density at radius 3 is 2.25 bits per heavy atom. The molecule has 0 aliphatic heterocycles. The van der Waals surface area contributed by atoms with Gasteiger partial charge in [-0.1, -0.05) is 20.8 Å². The Labute approximate surface area is 144 Å². The fourth-order valence-electron chi connectivity index (χ4n) is 2.36. The molecule has 0 saturated heterocycles. The summed E-state index contributed by atoms with van der Waals surface area (Å²) in [5.74, 6) is -0.0272. The molecule has 7 nitrogen and oxygen atoms in total. The Kier molecular flexibility index (Phi) is 6.81. The number of amides is 3. The van der Waals surface area contributed by atoms with Crippen molar-refractivity contribution in [3.63, 3.8) is 0 Å². The zero-order chi connectivity index (χ0) is 18.5. The van der Waals surface area contributed by atoms with Gasteiger partial charge in [0.15, 0.2) is 0 Å². The van der Waals surface area contributed by atoms with Gasteiger partial charge >= 0.3 is 6.03 Å². The highest BCUT2D eigenvalue weighted by atomic mass is 16.2. The molecule has 0 aromatic carbocycles. The number of hydrogen-bond donors (Lipinski definition) is 3. The molecule has 24 heavy (non-hydrogen) atoms. The van der Waals surface area contributed by atoms with Gasteiger partial charge in [0, 0.05) is 37.3 Å². The summed E-state index contributed by atoms with van der Waals surface area (Å²) < 4.78 is 1.86. The minimum absolute atomic E-state index is 0.00392. The maximum absolute atomic E-state index is 11.9. The van der Waals surface area contributed by atoms with Crippen molar-refractivity contribution >= 4 is 11.9 Å². The monoisotopic (exact) mass is 337 g/mol. The molecule has 0 radical (unpaired) electrons. The third-order valence-corrected chi connectivity index (χ3v) is 3.92. The number of urea groups is 1. The molecular formula is C17H31N5O2. The highest BCUT2D eigenvalue weighted by Crippen LogP contribution is 2.14. The minimum Gasteiger partial charge on any atom is -0.354 e. The summed E-state index contributed by atoms with van der Waals surface area (Å²) in [5.41, 5.74) is 2.86. The summed E-state index contributed by atoms with van der Waals surface area (Å²) in [6.45, 7) is 12.3. The van der Waals surface area contributed by atoms with Crippen LogP contribution in [-0.4, -0.2) is 40.9 Å². The van der Waals surface area contributed by atoms with Crippen LogP contribution in [0.5, 0.6) is 0 Å². The maximum atomic E-state index is 11.9. The molecule has 0 aliphatic rings. The van der Waals surface area contributed by atoms with E-state index in [9.17, 15) is 9.59 Å². The van der Waals surface area contributed by atoms with Gasteiger partial charge in [0.25, 0.3) is 0 Å². The van der Waals surface area contributed by atoms with Gasteiger partial charge in [0.05, 0.1) is 5.69 Å². The predicted molar refractivity (Wildman–Crippen MR) is 94.8 cm³/mol. The number of carbonyl (C=O) groups excluding carboxylic acids is 2. The Bertz CT molecular complexity index is 587. The first kappa shape index (κ1) is 20.0. The van der Waals surface area contributed by atoms with Gasteiger partial charge in [-0.05, 0) is 32.8 Å². The largest absolute Gasteiger partial charge is 0.354 e. The number of hydrogen-bond acceptors (Lipinski definition) is 3. The van der Waals surface area contributed by atoms with Crippen LogP contribution in [0.3, 0.4) is 0 Å². The van der Waals surface area contributed by atoms with Crippen LogP contribution in [0.25, 0.3) is 0 Å². The van der Waals surface area contributed by atoms with Crippen molar-refractivity contribution in [3.05, 3.63) is 17.0 Å². The predicted octanol–water partition coefficient (Wildman–Crippen LogP) is 1.43. The zero-order valence-corrected chi connectivity index (χ0v) is 15.9. The van der Waals surface area contributed by atoms with E-state index < -0.39 is 5.41 Å². The van der Waals surface area contributed by atoms with Gasteiger partial charge in [-0.25, -0.2) is 4.79 Å². The highest BCUT2D eigenvalue weighted by Gasteiger charge is 2.20. The van der Waals surface area contributed by atoms with Crippen LogP contribution in [0.4, 0.5) is 4.79 Å². The van der Waals surface area contributed by atoms with Crippen molar-refractivity contribution in [2.75, 3.05) is 13.1 Å². The van der Waals surface area contributed by atoms with Crippen molar-refractivity contribution in [2.45, 2.75) is 54.0 Å². The standard InChI is InChI=1S/C17H31N5O2/c1-11(10-14-12(2)21-22(7)13(14)3)20-16(24)19-9-8-18-15(23)17(4,5)6/h11H,8-10H2,1-7H3,(H,18,23)(H2,19,20,24)/t11-/m1/s1. The molecule has 0 saturated carbocycles. The van der Waals surface area contributed by atoms with Gasteiger partial charge < -0.3 is 16.0 Å². The molecule has 1 atom stereocenters. The number of nitrogens with zero attached hydrogens (tertiary/aromatic N) is 2. The van der Waals surface area contributed by atoms with Crippen molar-refractivity contribution in [1.29, 1.82) is 0 Å². The molecule has 136 valence electrons. The van der Waals surface area contributed by atoms with E-state index in [1.807, 2.05) is 53.3 Å². The third kappa shape index (κ3) is 5.86. The second-order valence-electron chi connectivity index (χ2n) is 7.28. The summed E-state index contributed by atoms with van der Waals surface area (Å²) in [6, 6.07) is -0.234. The van der Waals surface area contributed by atoms with Crippen LogP contribution in [0, 0.1) is 19.3 Å². The van der Waals surface area contributed by atoms with Crippen molar-refractivity contribution in [2.24, 2.45) is 12.5 Å². The highest BCUT2D eigenvalue weighted by molar-refractivity contribution is 5.81. The first-order valence-corrected chi connectivity index (χ1v) is 8.34. The molecule has 0 unspecified atom stereocenters. The van der Waals surface area contributed by atoms with Crippen molar-refractivity contribution in [3.8, 4) is 0 Å². The zero-order valence-electron chi connectivity index (χ0n) is 15.9. The fourth-order valence-corrected chi connectivity index (χ4v) is 2.36.